The average molecular weight is 448 g/mol. The summed E-state index contributed by atoms with van der Waals surface area (Å²) >= 11 is 6.18. The molecule has 0 amide bonds. The number of ether oxygens (including phenoxy) is 1. The second-order valence-electron chi connectivity index (χ2n) is 7.23. The van der Waals surface area contributed by atoms with Crippen LogP contribution in [0.4, 0.5) is 0 Å². The molecule has 0 bridgehead atoms. The Bertz CT molecular complexity index is 1180. The van der Waals surface area contributed by atoms with Crippen LogP contribution in [-0.2, 0) is 29.4 Å². The van der Waals surface area contributed by atoms with E-state index in [1.54, 1.807) is 24.3 Å². The lowest BCUT2D eigenvalue weighted by Crippen LogP contribution is -2.27. The molecule has 0 unspecified atom stereocenters. The smallest absolute Gasteiger partial charge is 0.246 e. The normalized spacial score (nSPS) is 14.0. The average Bonchev–Trinajstić information content (AvgIpc) is 3.21. The Morgan fingerprint density at radius 3 is 2.57 bits per heavy atom. The van der Waals surface area contributed by atoms with Gasteiger partial charge in [-0.3, -0.25) is 0 Å². The molecule has 0 saturated heterocycles. The number of aromatic nitrogens is 2. The molecule has 3 aromatic rings. The van der Waals surface area contributed by atoms with Crippen molar-refractivity contribution in [2.75, 3.05) is 14.2 Å². The van der Waals surface area contributed by atoms with Crippen molar-refractivity contribution in [3.8, 4) is 17.1 Å². The lowest BCUT2D eigenvalue weighted by atomic mass is 9.92. The molecule has 7 nitrogen and oxygen atoms in total. The highest BCUT2D eigenvalue weighted by atomic mass is 35.5. The van der Waals surface area contributed by atoms with Gasteiger partial charge in [0.2, 0.25) is 21.7 Å². The predicted molar refractivity (Wildman–Crippen MR) is 113 cm³/mol. The maximum absolute atomic E-state index is 13.3. The number of halogens is 1. The largest absolute Gasteiger partial charge is 0.495 e. The van der Waals surface area contributed by atoms with Crippen molar-refractivity contribution >= 4 is 21.6 Å². The fourth-order valence-corrected chi connectivity index (χ4v) is 5.14. The zero-order chi connectivity index (χ0) is 21.3. The first-order chi connectivity index (χ1) is 14.4. The van der Waals surface area contributed by atoms with Gasteiger partial charge in [0.1, 0.15) is 10.6 Å². The molecule has 0 radical (unpaired) electrons. The van der Waals surface area contributed by atoms with Crippen LogP contribution in [0.15, 0.2) is 45.8 Å². The van der Waals surface area contributed by atoms with Crippen LogP contribution < -0.4 is 4.74 Å². The Hall–Kier alpha value is -2.42. The minimum Gasteiger partial charge on any atom is -0.495 e. The molecule has 0 N–H and O–H groups in total. The van der Waals surface area contributed by atoms with Gasteiger partial charge in [-0.25, -0.2) is 8.42 Å². The van der Waals surface area contributed by atoms with E-state index in [2.05, 4.69) is 10.1 Å². The molecular formula is C21H22ClN3O4S. The summed E-state index contributed by atoms with van der Waals surface area (Å²) in [6.45, 7) is -0.0694. The summed E-state index contributed by atoms with van der Waals surface area (Å²) in [4.78, 5) is 4.45. The van der Waals surface area contributed by atoms with Crippen LogP contribution in [0.3, 0.4) is 0 Å². The summed E-state index contributed by atoms with van der Waals surface area (Å²) in [6, 6.07) is 10.7. The van der Waals surface area contributed by atoms with E-state index in [0.717, 1.165) is 36.8 Å². The number of methoxy groups -OCH3 is 1. The minimum atomic E-state index is -3.82. The van der Waals surface area contributed by atoms with E-state index >= 15 is 0 Å². The molecule has 0 atom stereocenters. The summed E-state index contributed by atoms with van der Waals surface area (Å²) < 4.78 is 38.4. The summed E-state index contributed by atoms with van der Waals surface area (Å²) in [5, 5.41) is 4.42. The van der Waals surface area contributed by atoms with Crippen LogP contribution in [-0.4, -0.2) is 37.0 Å². The predicted octanol–water partition coefficient (Wildman–Crippen LogP) is 4.10. The first-order valence-electron chi connectivity index (χ1n) is 9.64. The Labute approximate surface area is 180 Å². The van der Waals surface area contributed by atoms with E-state index < -0.39 is 10.0 Å². The molecule has 1 heterocycles. The number of benzene rings is 2. The lowest BCUT2D eigenvalue weighted by Gasteiger charge is -2.22. The number of fused-ring (bicyclic) bond motifs is 1. The number of aryl methyl sites for hydroxylation is 2. The summed E-state index contributed by atoms with van der Waals surface area (Å²) in [7, 11) is -0.859. The number of nitrogens with zero attached hydrogens (tertiary/aromatic N) is 3. The van der Waals surface area contributed by atoms with Crippen LogP contribution >= 0.6 is 11.6 Å². The SMILES string of the molecule is COc1cc2c(cc1S(=O)(=O)N(C)Cc1nc(-c3ccccc3Cl)no1)CCCC2. The maximum Gasteiger partial charge on any atom is 0.246 e. The molecule has 0 saturated carbocycles. The monoisotopic (exact) mass is 447 g/mol. The molecule has 1 aliphatic rings. The van der Waals surface area contributed by atoms with Crippen molar-refractivity contribution in [1.82, 2.24) is 14.4 Å². The van der Waals surface area contributed by atoms with Gasteiger partial charge in [0.05, 0.1) is 18.7 Å². The third-order valence-corrected chi connectivity index (χ3v) is 7.41. The third kappa shape index (κ3) is 3.95. The zero-order valence-corrected chi connectivity index (χ0v) is 18.3. The highest BCUT2D eigenvalue weighted by Gasteiger charge is 2.28. The molecule has 0 aliphatic heterocycles. The van der Waals surface area contributed by atoms with Crippen LogP contribution in [0, 0.1) is 0 Å². The first kappa shape index (κ1) is 20.8. The molecule has 4 rings (SSSR count). The van der Waals surface area contributed by atoms with Gasteiger partial charge >= 0.3 is 0 Å². The maximum atomic E-state index is 13.3. The summed E-state index contributed by atoms with van der Waals surface area (Å²) in [5.41, 5.74) is 2.84. The third-order valence-electron chi connectivity index (χ3n) is 5.26. The Morgan fingerprint density at radius 1 is 1.17 bits per heavy atom. The van der Waals surface area contributed by atoms with Crippen molar-refractivity contribution in [2.45, 2.75) is 37.1 Å². The Morgan fingerprint density at radius 2 is 1.87 bits per heavy atom. The van der Waals surface area contributed by atoms with Crippen LogP contribution in [0.25, 0.3) is 11.4 Å². The standard InChI is InChI=1S/C21H22ClN3O4S/c1-25(13-20-23-21(24-29-20)16-9-5-6-10-17(16)22)30(26,27)19-12-15-8-4-3-7-14(15)11-18(19)28-2/h5-6,9-12H,3-4,7-8,13H2,1-2H3. The molecule has 0 spiro atoms. The van der Waals surface area contributed by atoms with E-state index in [9.17, 15) is 8.42 Å². The van der Waals surface area contributed by atoms with Crippen LogP contribution in [0.5, 0.6) is 5.75 Å². The van der Waals surface area contributed by atoms with Gasteiger partial charge in [0.15, 0.2) is 0 Å². The van der Waals surface area contributed by atoms with Gasteiger partial charge in [-0.15, -0.1) is 0 Å². The Kier molecular flexibility index (Phi) is 5.81. The summed E-state index contributed by atoms with van der Waals surface area (Å²) in [6.07, 6.45) is 3.97. The molecule has 0 fully saturated rings. The second-order valence-corrected chi connectivity index (χ2v) is 9.65. The minimum absolute atomic E-state index is 0.0694. The number of hydrogen-bond acceptors (Lipinski definition) is 6. The van der Waals surface area contributed by atoms with Gasteiger partial charge in [-0.05, 0) is 61.1 Å². The zero-order valence-electron chi connectivity index (χ0n) is 16.8. The quantitative estimate of drug-likeness (QED) is 0.565. The van der Waals surface area contributed by atoms with Gasteiger partial charge in [-0.1, -0.05) is 28.9 Å². The van der Waals surface area contributed by atoms with E-state index in [1.165, 1.54) is 18.5 Å². The first-order valence-corrected chi connectivity index (χ1v) is 11.5. The van der Waals surface area contributed by atoms with Crippen molar-refractivity contribution in [1.29, 1.82) is 0 Å². The molecule has 2 aromatic carbocycles. The highest BCUT2D eigenvalue weighted by molar-refractivity contribution is 7.89. The number of hydrogen-bond donors (Lipinski definition) is 0. The topological polar surface area (TPSA) is 85.5 Å². The van der Waals surface area contributed by atoms with Gasteiger partial charge in [0.25, 0.3) is 0 Å². The molecule has 1 aliphatic carbocycles. The van der Waals surface area contributed by atoms with Crippen molar-refractivity contribution in [3.05, 3.63) is 58.4 Å². The lowest BCUT2D eigenvalue weighted by molar-refractivity contribution is 0.335. The van der Waals surface area contributed by atoms with Crippen molar-refractivity contribution < 1.29 is 17.7 Å². The van der Waals surface area contributed by atoms with Gasteiger partial charge in [-0.2, -0.15) is 9.29 Å². The highest BCUT2D eigenvalue weighted by Crippen LogP contribution is 2.33. The summed E-state index contributed by atoms with van der Waals surface area (Å²) in [5.74, 6) is 0.838. The van der Waals surface area contributed by atoms with E-state index in [4.69, 9.17) is 20.9 Å². The van der Waals surface area contributed by atoms with Crippen LogP contribution in [0.1, 0.15) is 29.9 Å². The number of sulfonamides is 1. The molecular weight excluding hydrogens is 426 g/mol. The van der Waals surface area contributed by atoms with E-state index in [-0.39, 0.29) is 17.3 Å². The fourth-order valence-electron chi connectivity index (χ4n) is 3.62. The molecule has 30 heavy (non-hydrogen) atoms. The molecule has 9 heteroatoms. The second kappa shape index (κ2) is 8.37. The van der Waals surface area contributed by atoms with Crippen molar-refractivity contribution in [3.63, 3.8) is 0 Å². The van der Waals surface area contributed by atoms with E-state index in [1.807, 2.05) is 12.1 Å². The Balaban J connectivity index is 1.61. The van der Waals surface area contributed by atoms with Crippen LogP contribution in [0.2, 0.25) is 5.02 Å². The fraction of sp³-hybridized carbons (Fsp3) is 0.333. The number of rotatable bonds is 6. The van der Waals surface area contributed by atoms with Crippen molar-refractivity contribution in [2.24, 2.45) is 0 Å². The van der Waals surface area contributed by atoms with Gasteiger partial charge < -0.3 is 9.26 Å². The van der Waals surface area contributed by atoms with Gasteiger partial charge in [0, 0.05) is 12.6 Å². The molecule has 158 valence electrons. The van der Waals surface area contributed by atoms with E-state index in [0.29, 0.717) is 22.2 Å². The molecule has 1 aromatic heterocycles.